The van der Waals surface area contributed by atoms with Gasteiger partial charge < -0.3 is 14.5 Å². The fourth-order valence-corrected chi connectivity index (χ4v) is 3.18. The van der Waals surface area contributed by atoms with Crippen molar-refractivity contribution in [2.75, 3.05) is 29.5 Å². The maximum Gasteiger partial charge on any atom is 0.340 e. The molecule has 6 nitrogen and oxygen atoms in total. The van der Waals surface area contributed by atoms with Crippen LogP contribution in [0.4, 0.5) is 11.4 Å². The summed E-state index contributed by atoms with van der Waals surface area (Å²) in [6, 6.07) is 14.5. The van der Waals surface area contributed by atoms with E-state index in [4.69, 9.17) is 4.74 Å². The highest BCUT2D eigenvalue weighted by Gasteiger charge is 2.22. The van der Waals surface area contributed by atoms with Crippen LogP contribution in [0.5, 0.6) is 0 Å². The molecule has 2 aromatic carbocycles. The van der Waals surface area contributed by atoms with Crippen LogP contribution in [-0.4, -0.2) is 37.5 Å². The van der Waals surface area contributed by atoms with Gasteiger partial charge in [0, 0.05) is 32.1 Å². The topological polar surface area (TPSA) is 66.9 Å². The molecule has 0 radical (unpaired) electrons. The number of carbonyl (C=O) groups is 3. The van der Waals surface area contributed by atoms with Crippen molar-refractivity contribution in [3.05, 3.63) is 59.7 Å². The molecule has 0 unspecified atom stereocenters. The first-order valence-corrected chi connectivity index (χ1v) is 9.80. The minimum absolute atomic E-state index is 0.0852. The predicted molar refractivity (Wildman–Crippen MR) is 114 cm³/mol. The number of benzene rings is 2. The van der Waals surface area contributed by atoms with Crippen molar-refractivity contribution in [3.63, 3.8) is 0 Å². The minimum atomic E-state index is -0.490. The van der Waals surface area contributed by atoms with Crippen LogP contribution in [0.1, 0.15) is 43.1 Å². The van der Waals surface area contributed by atoms with Crippen LogP contribution in [0.25, 0.3) is 0 Å². The summed E-state index contributed by atoms with van der Waals surface area (Å²) in [4.78, 5) is 40.6. The molecule has 0 aliphatic carbocycles. The van der Waals surface area contributed by atoms with Gasteiger partial charge in [-0.2, -0.15) is 0 Å². The molecule has 6 heteroatoms. The van der Waals surface area contributed by atoms with Crippen LogP contribution in [0.3, 0.4) is 0 Å². The fourth-order valence-electron chi connectivity index (χ4n) is 3.18. The Bertz CT molecular complexity index is 879. The first-order valence-electron chi connectivity index (χ1n) is 9.80. The molecule has 154 valence electrons. The van der Waals surface area contributed by atoms with Crippen molar-refractivity contribution < 1.29 is 19.1 Å². The average molecular weight is 396 g/mol. The van der Waals surface area contributed by atoms with Crippen molar-refractivity contribution in [2.24, 2.45) is 0 Å². The molecule has 2 amide bonds. The number of ether oxygens (including phenoxy) is 1. The Labute approximate surface area is 172 Å². The number of para-hydroxylation sites is 1. The van der Waals surface area contributed by atoms with Crippen molar-refractivity contribution in [1.82, 2.24) is 0 Å². The predicted octanol–water partition coefficient (Wildman–Crippen LogP) is 3.97. The molecule has 0 saturated heterocycles. The maximum absolute atomic E-state index is 12.9. The van der Waals surface area contributed by atoms with Gasteiger partial charge in [0.2, 0.25) is 11.8 Å². The van der Waals surface area contributed by atoms with E-state index in [1.807, 2.05) is 38.1 Å². The Morgan fingerprint density at radius 2 is 1.69 bits per heavy atom. The molecule has 0 spiro atoms. The molecule has 29 heavy (non-hydrogen) atoms. The second-order valence-electron chi connectivity index (χ2n) is 6.64. The van der Waals surface area contributed by atoms with Crippen LogP contribution < -0.4 is 9.80 Å². The van der Waals surface area contributed by atoms with Crippen LogP contribution >= 0.6 is 0 Å². The monoisotopic (exact) mass is 396 g/mol. The number of anilines is 2. The van der Waals surface area contributed by atoms with Gasteiger partial charge >= 0.3 is 5.97 Å². The lowest BCUT2D eigenvalue weighted by Crippen LogP contribution is -2.37. The van der Waals surface area contributed by atoms with Crippen LogP contribution in [0, 0.1) is 6.92 Å². The highest BCUT2D eigenvalue weighted by molar-refractivity contribution is 6.02. The number of esters is 1. The Morgan fingerprint density at radius 1 is 0.966 bits per heavy atom. The molecule has 0 atom stereocenters. The van der Waals surface area contributed by atoms with Crippen molar-refractivity contribution >= 4 is 29.2 Å². The van der Waals surface area contributed by atoms with Crippen molar-refractivity contribution in [1.29, 1.82) is 0 Å². The quantitative estimate of drug-likeness (QED) is 0.633. The average Bonchev–Trinajstić information content (AvgIpc) is 2.69. The number of hydrogen-bond donors (Lipinski definition) is 0. The summed E-state index contributed by atoms with van der Waals surface area (Å²) in [5.41, 5.74) is 2.66. The summed E-state index contributed by atoms with van der Waals surface area (Å²) in [7, 11) is 0. The largest absolute Gasteiger partial charge is 0.462 e. The molecule has 0 aromatic heterocycles. The Balaban J connectivity index is 2.21. The van der Waals surface area contributed by atoms with Gasteiger partial charge in [-0.05, 0) is 50.6 Å². The molecular weight excluding hydrogens is 368 g/mol. The lowest BCUT2D eigenvalue weighted by molar-refractivity contribution is -0.118. The normalized spacial score (nSPS) is 10.3. The molecule has 0 bridgehead atoms. The van der Waals surface area contributed by atoms with E-state index in [1.165, 1.54) is 11.8 Å². The van der Waals surface area contributed by atoms with Gasteiger partial charge in [-0.15, -0.1) is 0 Å². The van der Waals surface area contributed by atoms with Gasteiger partial charge in [0.25, 0.3) is 0 Å². The maximum atomic E-state index is 12.9. The van der Waals surface area contributed by atoms with Gasteiger partial charge in [-0.3, -0.25) is 9.59 Å². The number of carbonyl (C=O) groups excluding carboxylic acids is 3. The molecule has 2 rings (SSSR count). The lowest BCUT2D eigenvalue weighted by Gasteiger charge is -2.26. The van der Waals surface area contributed by atoms with E-state index in [-0.39, 0.29) is 31.4 Å². The molecule has 0 saturated carbocycles. The zero-order valence-corrected chi connectivity index (χ0v) is 17.5. The summed E-state index contributed by atoms with van der Waals surface area (Å²) in [6.45, 7) is 7.99. The lowest BCUT2D eigenvalue weighted by atomic mass is 10.1. The summed E-state index contributed by atoms with van der Waals surface area (Å²) in [6.07, 6.45) is 0.137. The molecule has 0 heterocycles. The number of rotatable bonds is 8. The Kier molecular flexibility index (Phi) is 7.95. The van der Waals surface area contributed by atoms with E-state index in [0.29, 0.717) is 17.8 Å². The Morgan fingerprint density at radius 3 is 2.31 bits per heavy atom. The molecule has 0 aliphatic heterocycles. The third kappa shape index (κ3) is 5.67. The van der Waals surface area contributed by atoms with E-state index in [1.54, 1.807) is 36.1 Å². The summed E-state index contributed by atoms with van der Waals surface area (Å²) >= 11 is 0. The molecular formula is C23H28N2O4. The van der Waals surface area contributed by atoms with Gasteiger partial charge in [-0.25, -0.2) is 4.79 Å². The van der Waals surface area contributed by atoms with Gasteiger partial charge in [0.15, 0.2) is 0 Å². The fraction of sp³-hybridized carbons (Fsp3) is 0.348. The summed E-state index contributed by atoms with van der Waals surface area (Å²) in [5.74, 6) is -0.818. The highest BCUT2D eigenvalue weighted by Crippen LogP contribution is 2.23. The highest BCUT2D eigenvalue weighted by atomic mass is 16.5. The van der Waals surface area contributed by atoms with E-state index in [9.17, 15) is 14.4 Å². The zero-order chi connectivity index (χ0) is 21.4. The van der Waals surface area contributed by atoms with E-state index in [2.05, 4.69) is 0 Å². The third-order valence-corrected chi connectivity index (χ3v) is 4.55. The van der Waals surface area contributed by atoms with Crippen LogP contribution in [-0.2, 0) is 14.3 Å². The Hall–Kier alpha value is -3.15. The van der Waals surface area contributed by atoms with E-state index in [0.717, 1.165) is 11.3 Å². The van der Waals surface area contributed by atoms with Crippen molar-refractivity contribution in [2.45, 2.75) is 34.1 Å². The van der Waals surface area contributed by atoms with Crippen LogP contribution in [0.2, 0.25) is 0 Å². The van der Waals surface area contributed by atoms with Crippen molar-refractivity contribution in [3.8, 4) is 0 Å². The van der Waals surface area contributed by atoms with Gasteiger partial charge in [-0.1, -0.05) is 24.3 Å². The molecule has 0 N–H and O–H groups in total. The van der Waals surface area contributed by atoms with Gasteiger partial charge in [0.1, 0.15) is 0 Å². The molecule has 2 aromatic rings. The van der Waals surface area contributed by atoms with E-state index >= 15 is 0 Å². The first kappa shape index (κ1) is 22.1. The second kappa shape index (κ2) is 10.4. The molecule has 0 aliphatic rings. The number of hydrogen-bond acceptors (Lipinski definition) is 4. The first-order chi connectivity index (χ1) is 13.9. The SMILES string of the molecule is CCOC(=O)c1ccccc1N(CCC(=O)N(CC)c1cccc(C)c1)C(C)=O. The standard InChI is InChI=1S/C23H28N2O4/c1-5-24(19-11-9-10-17(3)16-19)22(27)14-15-25(18(4)26)21-13-8-7-12-20(21)23(28)29-6-2/h7-13,16H,5-6,14-15H2,1-4H3. The summed E-state index contributed by atoms with van der Waals surface area (Å²) in [5, 5.41) is 0. The smallest absolute Gasteiger partial charge is 0.340 e. The number of amides is 2. The number of aryl methyl sites for hydroxylation is 1. The van der Waals surface area contributed by atoms with Crippen LogP contribution in [0.15, 0.2) is 48.5 Å². The zero-order valence-electron chi connectivity index (χ0n) is 17.5. The minimum Gasteiger partial charge on any atom is -0.462 e. The third-order valence-electron chi connectivity index (χ3n) is 4.55. The van der Waals surface area contributed by atoms with E-state index < -0.39 is 5.97 Å². The number of nitrogens with zero attached hydrogens (tertiary/aromatic N) is 2. The molecule has 0 fully saturated rings. The second-order valence-corrected chi connectivity index (χ2v) is 6.64. The van der Waals surface area contributed by atoms with Gasteiger partial charge in [0.05, 0.1) is 17.9 Å². The summed E-state index contributed by atoms with van der Waals surface area (Å²) < 4.78 is 5.10.